The zero-order valence-corrected chi connectivity index (χ0v) is 13.5. The maximum Gasteiger partial charge on any atom is 0.0698 e. The Bertz CT molecular complexity index is 479. The van der Waals surface area contributed by atoms with Crippen LogP contribution < -0.4 is 0 Å². The molecule has 0 aliphatic carbocycles. The molecular formula is C18H25N3O2. The van der Waals surface area contributed by atoms with Crippen LogP contribution in [0.15, 0.2) is 48.8 Å². The molecule has 0 aliphatic heterocycles. The van der Waals surface area contributed by atoms with Crippen LogP contribution in [0.4, 0.5) is 0 Å². The van der Waals surface area contributed by atoms with E-state index < -0.39 is 0 Å². The second-order valence-electron chi connectivity index (χ2n) is 5.32. The van der Waals surface area contributed by atoms with Crippen LogP contribution >= 0.6 is 0 Å². The number of hydrogen-bond donors (Lipinski definition) is 1. The predicted octanol–water partition coefficient (Wildman–Crippen LogP) is 1.57. The first-order valence-electron chi connectivity index (χ1n) is 8.09. The van der Waals surface area contributed by atoms with Crippen molar-refractivity contribution in [1.29, 1.82) is 0 Å². The van der Waals surface area contributed by atoms with E-state index in [9.17, 15) is 0 Å². The number of aliphatic hydroxyl groups excluding tert-OH is 1. The number of pyridine rings is 2. The highest BCUT2D eigenvalue weighted by Crippen LogP contribution is 2.01. The number of aliphatic hydroxyl groups is 1. The average molecular weight is 315 g/mol. The van der Waals surface area contributed by atoms with Gasteiger partial charge in [0.25, 0.3) is 0 Å². The fraction of sp³-hybridized carbons (Fsp3) is 0.444. The van der Waals surface area contributed by atoms with Crippen molar-refractivity contribution in [3.63, 3.8) is 0 Å². The van der Waals surface area contributed by atoms with Crippen molar-refractivity contribution in [2.45, 2.75) is 12.8 Å². The molecule has 0 bridgehead atoms. The number of ether oxygens (including phenoxy) is 1. The quantitative estimate of drug-likeness (QED) is 0.638. The molecule has 0 amide bonds. The van der Waals surface area contributed by atoms with Crippen LogP contribution in [-0.2, 0) is 17.6 Å². The van der Waals surface area contributed by atoms with Gasteiger partial charge in [-0.15, -0.1) is 0 Å². The maximum absolute atomic E-state index is 8.78. The van der Waals surface area contributed by atoms with Gasteiger partial charge >= 0.3 is 0 Å². The van der Waals surface area contributed by atoms with Crippen molar-refractivity contribution in [2.24, 2.45) is 0 Å². The van der Waals surface area contributed by atoms with E-state index in [1.165, 1.54) is 0 Å². The molecule has 0 aromatic carbocycles. The van der Waals surface area contributed by atoms with Crippen molar-refractivity contribution >= 4 is 0 Å². The van der Waals surface area contributed by atoms with E-state index in [1.807, 2.05) is 36.7 Å². The molecular weight excluding hydrogens is 290 g/mol. The fourth-order valence-electron chi connectivity index (χ4n) is 2.33. The first kappa shape index (κ1) is 17.5. The minimum Gasteiger partial charge on any atom is -0.394 e. The van der Waals surface area contributed by atoms with Crippen LogP contribution in [0.2, 0.25) is 0 Å². The van der Waals surface area contributed by atoms with Gasteiger partial charge in [0.05, 0.1) is 19.8 Å². The zero-order chi connectivity index (χ0) is 16.2. The third-order valence-electron chi connectivity index (χ3n) is 3.61. The highest BCUT2D eigenvalue weighted by Gasteiger charge is 2.07. The van der Waals surface area contributed by atoms with Crippen LogP contribution in [0.5, 0.6) is 0 Å². The Morgan fingerprint density at radius 1 is 0.826 bits per heavy atom. The summed E-state index contributed by atoms with van der Waals surface area (Å²) in [7, 11) is 0. The molecule has 5 nitrogen and oxygen atoms in total. The molecule has 0 radical (unpaired) electrons. The molecule has 0 unspecified atom stereocenters. The highest BCUT2D eigenvalue weighted by atomic mass is 16.5. The van der Waals surface area contributed by atoms with E-state index in [2.05, 4.69) is 27.0 Å². The summed E-state index contributed by atoms with van der Waals surface area (Å²) >= 11 is 0. The molecule has 0 fully saturated rings. The molecule has 2 aromatic rings. The SMILES string of the molecule is OCCOCCN(CCc1ccccn1)CCc1ccccn1. The number of aromatic nitrogens is 2. The Kier molecular flexibility index (Phi) is 8.26. The molecule has 2 rings (SSSR count). The van der Waals surface area contributed by atoms with Crippen LogP contribution in [0, 0.1) is 0 Å². The van der Waals surface area contributed by atoms with E-state index in [4.69, 9.17) is 9.84 Å². The molecule has 0 spiro atoms. The first-order valence-corrected chi connectivity index (χ1v) is 8.09. The Morgan fingerprint density at radius 3 is 1.91 bits per heavy atom. The molecule has 0 saturated carbocycles. The Balaban J connectivity index is 1.80. The molecule has 124 valence electrons. The van der Waals surface area contributed by atoms with Crippen molar-refractivity contribution < 1.29 is 9.84 Å². The van der Waals surface area contributed by atoms with Crippen LogP contribution in [-0.4, -0.2) is 59.4 Å². The Hall–Kier alpha value is -1.82. The normalized spacial score (nSPS) is 11.0. The van der Waals surface area contributed by atoms with Crippen molar-refractivity contribution in [2.75, 3.05) is 39.5 Å². The molecule has 0 aliphatic rings. The van der Waals surface area contributed by atoms with E-state index in [-0.39, 0.29) is 6.61 Å². The monoisotopic (exact) mass is 315 g/mol. The van der Waals surface area contributed by atoms with E-state index in [0.29, 0.717) is 13.2 Å². The molecule has 0 saturated heterocycles. The van der Waals surface area contributed by atoms with Gasteiger partial charge in [0.2, 0.25) is 0 Å². The Labute approximate surface area is 138 Å². The van der Waals surface area contributed by atoms with Crippen molar-refractivity contribution in [3.8, 4) is 0 Å². The van der Waals surface area contributed by atoms with E-state index >= 15 is 0 Å². The summed E-state index contributed by atoms with van der Waals surface area (Å²) in [6.07, 6.45) is 5.50. The van der Waals surface area contributed by atoms with Gasteiger partial charge in [0, 0.05) is 56.3 Å². The highest BCUT2D eigenvalue weighted by molar-refractivity contribution is 5.05. The second-order valence-corrected chi connectivity index (χ2v) is 5.32. The lowest BCUT2D eigenvalue weighted by Gasteiger charge is -2.22. The van der Waals surface area contributed by atoms with Gasteiger partial charge in [-0.25, -0.2) is 0 Å². The molecule has 2 aromatic heterocycles. The lowest BCUT2D eigenvalue weighted by atomic mass is 10.2. The third-order valence-corrected chi connectivity index (χ3v) is 3.61. The van der Waals surface area contributed by atoms with Crippen molar-refractivity contribution in [1.82, 2.24) is 14.9 Å². The molecule has 2 heterocycles. The summed E-state index contributed by atoms with van der Waals surface area (Å²) < 4.78 is 5.39. The molecule has 1 N–H and O–H groups in total. The van der Waals surface area contributed by atoms with Gasteiger partial charge < -0.3 is 14.7 Å². The second kappa shape index (κ2) is 10.8. The summed E-state index contributed by atoms with van der Waals surface area (Å²) in [6.45, 7) is 3.82. The summed E-state index contributed by atoms with van der Waals surface area (Å²) in [5.41, 5.74) is 2.21. The fourth-order valence-corrected chi connectivity index (χ4v) is 2.33. The first-order chi connectivity index (χ1) is 11.4. The van der Waals surface area contributed by atoms with Gasteiger partial charge in [-0.3, -0.25) is 9.97 Å². The van der Waals surface area contributed by atoms with Crippen LogP contribution in [0.3, 0.4) is 0 Å². The number of nitrogens with zero attached hydrogens (tertiary/aromatic N) is 3. The van der Waals surface area contributed by atoms with Gasteiger partial charge in [-0.05, 0) is 24.3 Å². The topological polar surface area (TPSA) is 58.5 Å². The zero-order valence-electron chi connectivity index (χ0n) is 13.5. The molecule has 23 heavy (non-hydrogen) atoms. The molecule has 5 heteroatoms. The lowest BCUT2D eigenvalue weighted by molar-refractivity contribution is 0.0739. The van der Waals surface area contributed by atoms with Crippen LogP contribution in [0.1, 0.15) is 11.4 Å². The van der Waals surface area contributed by atoms with E-state index in [0.717, 1.165) is 43.9 Å². The maximum atomic E-state index is 8.78. The number of hydrogen-bond acceptors (Lipinski definition) is 5. The predicted molar refractivity (Wildman–Crippen MR) is 90.2 cm³/mol. The summed E-state index contributed by atoms with van der Waals surface area (Å²) in [4.78, 5) is 11.1. The summed E-state index contributed by atoms with van der Waals surface area (Å²) in [5.74, 6) is 0. The average Bonchev–Trinajstić information content (AvgIpc) is 2.62. The van der Waals surface area contributed by atoms with Crippen LogP contribution in [0.25, 0.3) is 0 Å². The Morgan fingerprint density at radius 2 is 1.43 bits per heavy atom. The summed E-state index contributed by atoms with van der Waals surface area (Å²) in [5, 5.41) is 8.78. The minimum absolute atomic E-state index is 0.0713. The van der Waals surface area contributed by atoms with Gasteiger partial charge in [0.15, 0.2) is 0 Å². The largest absolute Gasteiger partial charge is 0.394 e. The van der Waals surface area contributed by atoms with Gasteiger partial charge in [-0.2, -0.15) is 0 Å². The summed E-state index contributed by atoms with van der Waals surface area (Å²) in [6, 6.07) is 12.0. The standard InChI is InChI=1S/C18H25N3O2/c22-14-16-23-15-13-21(11-7-17-5-1-3-9-19-17)12-8-18-6-2-4-10-20-18/h1-6,9-10,22H,7-8,11-16H2. The van der Waals surface area contributed by atoms with Gasteiger partial charge in [0.1, 0.15) is 0 Å². The smallest absolute Gasteiger partial charge is 0.0698 e. The number of rotatable bonds is 11. The van der Waals surface area contributed by atoms with Crippen molar-refractivity contribution in [3.05, 3.63) is 60.2 Å². The lowest BCUT2D eigenvalue weighted by Crippen LogP contribution is -2.32. The third kappa shape index (κ3) is 7.32. The van der Waals surface area contributed by atoms with Gasteiger partial charge in [-0.1, -0.05) is 12.1 Å². The molecule has 0 atom stereocenters. The minimum atomic E-state index is 0.0713. The van der Waals surface area contributed by atoms with E-state index in [1.54, 1.807) is 0 Å².